The van der Waals surface area contributed by atoms with Gasteiger partial charge in [0.2, 0.25) is 0 Å². The molecule has 0 heterocycles. The van der Waals surface area contributed by atoms with E-state index in [9.17, 15) is 9.59 Å². The van der Waals surface area contributed by atoms with Crippen molar-refractivity contribution < 1.29 is 19.4 Å². The standard InChI is InChI=1S/C11H21NO4/c1-4-6-9(11(14)15)12(7-5-2)8-10(13)16-3/h9H,4-8H2,1-3H3,(H,14,15). The predicted octanol–water partition coefficient (Wildman–Crippen LogP) is 1.12. The van der Waals surface area contributed by atoms with Crippen LogP contribution in [0.15, 0.2) is 0 Å². The SMILES string of the molecule is CCCC(C(=O)O)N(CCC)CC(=O)OC. The molecule has 0 aliphatic carbocycles. The molecule has 16 heavy (non-hydrogen) atoms. The van der Waals surface area contributed by atoms with Crippen molar-refractivity contribution in [3.05, 3.63) is 0 Å². The van der Waals surface area contributed by atoms with E-state index in [1.807, 2.05) is 13.8 Å². The summed E-state index contributed by atoms with van der Waals surface area (Å²) in [6.07, 6.45) is 2.13. The number of hydrogen-bond acceptors (Lipinski definition) is 4. The van der Waals surface area contributed by atoms with Crippen LogP contribution < -0.4 is 0 Å². The van der Waals surface area contributed by atoms with Gasteiger partial charge in [-0.2, -0.15) is 0 Å². The van der Waals surface area contributed by atoms with E-state index >= 15 is 0 Å². The quantitative estimate of drug-likeness (QED) is 0.634. The summed E-state index contributed by atoms with van der Waals surface area (Å²) in [4.78, 5) is 23.9. The molecule has 0 aliphatic heterocycles. The molecule has 0 saturated heterocycles. The van der Waals surface area contributed by atoms with Crippen molar-refractivity contribution in [2.45, 2.75) is 39.2 Å². The van der Waals surface area contributed by atoms with Gasteiger partial charge in [-0.05, 0) is 19.4 Å². The average Bonchev–Trinajstić information content (AvgIpc) is 2.24. The smallest absolute Gasteiger partial charge is 0.320 e. The van der Waals surface area contributed by atoms with Crippen LogP contribution in [0.5, 0.6) is 0 Å². The van der Waals surface area contributed by atoms with Crippen molar-refractivity contribution in [3.63, 3.8) is 0 Å². The Kier molecular flexibility index (Phi) is 7.54. The van der Waals surface area contributed by atoms with Crippen LogP contribution in [0, 0.1) is 0 Å². The van der Waals surface area contributed by atoms with Gasteiger partial charge in [0.25, 0.3) is 0 Å². The van der Waals surface area contributed by atoms with Crippen LogP contribution in [0.3, 0.4) is 0 Å². The lowest BCUT2D eigenvalue weighted by molar-refractivity contribution is -0.148. The van der Waals surface area contributed by atoms with Crippen LogP contribution >= 0.6 is 0 Å². The number of carbonyl (C=O) groups excluding carboxylic acids is 1. The summed E-state index contributed by atoms with van der Waals surface area (Å²) >= 11 is 0. The fourth-order valence-electron chi connectivity index (χ4n) is 1.60. The third-order valence-electron chi connectivity index (χ3n) is 2.36. The van der Waals surface area contributed by atoms with E-state index in [4.69, 9.17) is 5.11 Å². The lowest BCUT2D eigenvalue weighted by Gasteiger charge is -2.26. The van der Waals surface area contributed by atoms with Crippen LogP contribution in [-0.4, -0.2) is 48.2 Å². The van der Waals surface area contributed by atoms with Crippen molar-refractivity contribution >= 4 is 11.9 Å². The van der Waals surface area contributed by atoms with Gasteiger partial charge in [-0.1, -0.05) is 20.3 Å². The molecule has 0 aromatic carbocycles. The van der Waals surface area contributed by atoms with E-state index in [1.54, 1.807) is 4.90 Å². The highest BCUT2D eigenvalue weighted by atomic mass is 16.5. The molecule has 5 nitrogen and oxygen atoms in total. The van der Waals surface area contributed by atoms with Crippen LogP contribution in [-0.2, 0) is 14.3 Å². The largest absolute Gasteiger partial charge is 0.480 e. The van der Waals surface area contributed by atoms with Crippen molar-refractivity contribution in [2.24, 2.45) is 0 Å². The molecule has 0 fully saturated rings. The van der Waals surface area contributed by atoms with Gasteiger partial charge in [-0.15, -0.1) is 0 Å². The third kappa shape index (κ3) is 5.11. The molecule has 1 unspecified atom stereocenters. The van der Waals surface area contributed by atoms with E-state index in [0.717, 1.165) is 12.8 Å². The summed E-state index contributed by atoms with van der Waals surface area (Å²) < 4.78 is 4.56. The van der Waals surface area contributed by atoms with E-state index < -0.39 is 18.0 Å². The highest BCUT2D eigenvalue weighted by Crippen LogP contribution is 2.08. The number of hydrogen-bond donors (Lipinski definition) is 1. The molecule has 0 saturated carbocycles. The summed E-state index contributed by atoms with van der Waals surface area (Å²) in [7, 11) is 1.31. The third-order valence-corrected chi connectivity index (χ3v) is 2.36. The molecule has 0 aromatic rings. The summed E-state index contributed by atoms with van der Waals surface area (Å²) in [6.45, 7) is 4.51. The first-order chi connectivity index (χ1) is 7.56. The zero-order chi connectivity index (χ0) is 12.6. The number of nitrogens with zero attached hydrogens (tertiary/aromatic N) is 1. The van der Waals surface area contributed by atoms with Gasteiger partial charge < -0.3 is 9.84 Å². The zero-order valence-electron chi connectivity index (χ0n) is 10.2. The second-order valence-corrected chi connectivity index (χ2v) is 3.69. The number of ether oxygens (including phenoxy) is 1. The van der Waals surface area contributed by atoms with Gasteiger partial charge in [-0.25, -0.2) is 0 Å². The molecular formula is C11H21NO4. The van der Waals surface area contributed by atoms with E-state index in [1.165, 1.54) is 7.11 Å². The maximum absolute atomic E-state index is 11.2. The molecule has 0 bridgehead atoms. The molecule has 0 aliphatic rings. The van der Waals surface area contributed by atoms with Crippen molar-refractivity contribution in [1.82, 2.24) is 4.90 Å². The summed E-state index contributed by atoms with van der Waals surface area (Å²) in [5.41, 5.74) is 0. The molecule has 0 amide bonds. The molecule has 94 valence electrons. The first kappa shape index (κ1) is 14.9. The average molecular weight is 231 g/mol. The molecule has 1 N–H and O–H groups in total. The van der Waals surface area contributed by atoms with Crippen molar-refractivity contribution in [1.29, 1.82) is 0 Å². The van der Waals surface area contributed by atoms with E-state index in [0.29, 0.717) is 13.0 Å². The van der Waals surface area contributed by atoms with Gasteiger partial charge in [0, 0.05) is 0 Å². The fraction of sp³-hybridized carbons (Fsp3) is 0.818. The predicted molar refractivity (Wildman–Crippen MR) is 60.2 cm³/mol. The summed E-state index contributed by atoms with van der Waals surface area (Å²) in [5, 5.41) is 9.09. The Bertz CT molecular complexity index is 230. The Labute approximate surface area is 96.4 Å². The number of methoxy groups -OCH3 is 1. The number of carboxylic acids is 1. The minimum absolute atomic E-state index is 0.0430. The van der Waals surface area contributed by atoms with Crippen LogP contribution in [0.1, 0.15) is 33.1 Å². The topological polar surface area (TPSA) is 66.8 Å². The number of aliphatic carboxylic acids is 1. The van der Waals surface area contributed by atoms with Crippen LogP contribution in [0.2, 0.25) is 0 Å². The second-order valence-electron chi connectivity index (χ2n) is 3.69. The lowest BCUT2D eigenvalue weighted by Crippen LogP contribution is -2.44. The Morgan fingerprint density at radius 2 is 1.94 bits per heavy atom. The number of carboxylic acid groups (broad SMARTS) is 1. The summed E-state index contributed by atoms with van der Waals surface area (Å²) in [5.74, 6) is -1.27. The minimum atomic E-state index is -0.876. The van der Waals surface area contributed by atoms with Crippen molar-refractivity contribution in [3.8, 4) is 0 Å². The van der Waals surface area contributed by atoms with Gasteiger partial charge in [0.05, 0.1) is 13.7 Å². The molecule has 5 heteroatoms. The zero-order valence-corrected chi connectivity index (χ0v) is 10.2. The van der Waals surface area contributed by atoms with Crippen molar-refractivity contribution in [2.75, 3.05) is 20.2 Å². The Morgan fingerprint density at radius 1 is 1.31 bits per heavy atom. The maximum Gasteiger partial charge on any atom is 0.320 e. The highest BCUT2D eigenvalue weighted by molar-refractivity contribution is 5.76. The first-order valence-corrected chi connectivity index (χ1v) is 5.60. The molecule has 0 aromatic heterocycles. The van der Waals surface area contributed by atoms with Gasteiger partial charge in [-0.3, -0.25) is 14.5 Å². The van der Waals surface area contributed by atoms with Gasteiger partial charge >= 0.3 is 11.9 Å². The summed E-state index contributed by atoms with van der Waals surface area (Å²) in [6, 6.07) is -0.593. The van der Waals surface area contributed by atoms with Crippen LogP contribution in [0.4, 0.5) is 0 Å². The second kappa shape index (κ2) is 8.10. The Morgan fingerprint density at radius 3 is 2.31 bits per heavy atom. The fourth-order valence-corrected chi connectivity index (χ4v) is 1.60. The lowest BCUT2D eigenvalue weighted by atomic mass is 10.1. The van der Waals surface area contributed by atoms with Crippen LogP contribution in [0.25, 0.3) is 0 Å². The molecule has 1 atom stereocenters. The normalized spacial score (nSPS) is 12.5. The van der Waals surface area contributed by atoms with Gasteiger partial charge in [0.1, 0.15) is 6.04 Å². The van der Waals surface area contributed by atoms with Gasteiger partial charge in [0.15, 0.2) is 0 Å². The monoisotopic (exact) mass is 231 g/mol. The molecular weight excluding hydrogens is 210 g/mol. The molecule has 0 radical (unpaired) electrons. The highest BCUT2D eigenvalue weighted by Gasteiger charge is 2.25. The molecule has 0 spiro atoms. The number of rotatable bonds is 8. The maximum atomic E-state index is 11.2. The number of esters is 1. The Balaban J connectivity index is 4.55. The minimum Gasteiger partial charge on any atom is -0.480 e. The van der Waals surface area contributed by atoms with E-state index in [-0.39, 0.29) is 6.54 Å². The first-order valence-electron chi connectivity index (χ1n) is 5.60. The number of carbonyl (C=O) groups is 2. The molecule has 0 rings (SSSR count). The Hall–Kier alpha value is -1.10. The van der Waals surface area contributed by atoms with E-state index in [2.05, 4.69) is 4.74 Å².